The topological polar surface area (TPSA) is 17.4 Å². The van der Waals surface area contributed by atoms with Crippen molar-refractivity contribution in [2.45, 2.75) is 39.3 Å². The van der Waals surface area contributed by atoms with Crippen LogP contribution in [-0.2, 0) is 13.2 Å². The molecule has 4 rings (SSSR count). The molecule has 0 N–H and O–H groups in total. The summed E-state index contributed by atoms with van der Waals surface area (Å²) >= 11 is 0. The Hall–Kier alpha value is -2.59. The Kier molecular flexibility index (Phi) is 6.30. The van der Waals surface area contributed by atoms with Crippen molar-refractivity contribution in [1.29, 1.82) is 0 Å². The quantitative estimate of drug-likeness (QED) is 0.516. The normalized spacial score (nSPS) is 14.8. The van der Waals surface area contributed by atoms with Gasteiger partial charge < -0.3 is 14.2 Å². The molecule has 4 heteroatoms. The summed E-state index contributed by atoms with van der Waals surface area (Å²) in [5.41, 5.74) is 4.31. The van der Waals surface area contributed by atoms with Crippen LogP contribution in [0.15, 0.2) is 60.8 Å². The number of aryl methyl sites for hydroxylation is 1. The van der Waals surface area contributed by atoms with Gasteiger partial charge in [-0.1, -0.05) is 36.8 Å². The number of likely N-dealkylation sites (tertiary alicyclic amines) is 1. The lowest BCUT2D eigenvalue weighted by molar-refractivity contribution is 0.221. The summed E-state index contributed by atoms with van der Waals surface area (Å²) in [6.07, 6.45) is 6.08. The number of hydrogen-bond donors (Lipinski definition) is 0. The maximum absolute atomic E-state index is 14.0. The van der Waals surface area contributed by atoms with Crippen LogP contribution in [0.5, 0.6) is 5.75 Å². The summed E-state index contributed by atoms with van der Waals surface area (Å²) in [6, 6.07) is 17.0. The highest BCUT2D eigenvalue weighted by atomic mass is 19.1. The van der Waals surface area contributed by atoms with Crippen LogP contribution in [0.25, 0.3) is 11.3 Å². The van der Waals surface area contributed by atoms with Crippen LogP contribution in [0.4, 0.5) is 4.39 Å². The molecule has 29 heavy (non-hydrogen) atoms. The summed E-state index contributed by atoms with van der Waals surface area (Å²) in [6.45, 7) is 6.89. The van der Waals surface area contributed by atoms with Crippen LogP contribution in [0, 0.1) is 12.7 Å². The van der Waals surface area contributed by atoms with Gasteiger partial charge in [-0.3, -0.25) is 0 Å². The third kappa shape index (κ3) is 4.88. The number of aromatic nitrogens is 1. The largest absolute Gasteiger partial charge is 0.488 e. The zero-order chi connectivity index (χ0) is 20.1. The molecule has 0 atom stereocenters. The molecule has 1 saturated heterocycles. The van der Waals surface area contributed by atoms with Crippen molar-refractivity contribution in [3.05, 3.63) is 77.7 Å². The average Bonchev–Trinajstić information content (AvgIpc) is 3.12. The van der Waals surface area contributed by atoms with E-state index in [9.17, 15) is 4.39 Å². The molecule has 1 fully saturated rings. The summed E-state index contributed by atoms with van der Waals surface area (Å²) in [5, 5.41) is 0. The number of rotatable bonds is 7. The highest BCUT2D eigenvalue weighted by Gasteiger charge is 2.16. The molecule has 3 aromatic rings. The van der Waals surface area contributed by atoms with Crippen LogP contribution in [0.1, 0.15) is 30.4 Å². The van der Waals surface area contributed by atoms with E-state index < -0.39 is 0 Å². The van der Waals surface area contributed by atoms with Crippen LogP contribution >= 0.6 is 0 Å². The van der Waals surface area contributed by atoms with Gasteiger partial charge in [0.2, 0.25) is 0 Å². The van der Waals surface area contributed by atoms with Crippen LogP contribution < -0.4 is 4.74 Å². The molecule has 0 spiro atoms. The van der Waals surface area contributed by atoms with E-state index >= 15 is 0 Å². The van der Waals surface area contributed by atoms with Gasteiger partial charge in [-0.2, -0.15) is 0 Å². The van der Waals surface area contributed by atoms with E-state index in [1.165, 1.54) is 50.0 Å². The van der Waals surface area contributed by atoms with Crippen molar-refractivity contribution in [2.75, 3.05) is 19.6 Å². The van der Waals surface area contributed by atoms with Gasteiger partial charge in [0, 0.05) is 30.9 Å². The lowest BCUT2D eigenvalue weighted by atomic mass is 10.1. The first-order chi connectivity index (χ1) is 14.2. The van der Waals surface area contributed by atoms with Crippen LogP contribution in [-0.4, -0.2) is 29.1 Å². The Balaban J connectivity index is 1.56. The second-order valence-corrected chi connectivity index (χ2v) is 7.86. The third-order valence-electron chi connectivity index (χ3n) is 5.71. The second kappa shape index (κ2) is 9.27. The van der Waals surface area contributed by atoms with E-state index in [-0.39, 0.29) is 5.82 Å². The van der Waals surface area contributed by atoms with E-state index in [0.29, 0.717) is 12.4 Å². The monoisotopic (exact) mass is 392 g/mol. The van der Waals surface area contributed by atoms with Crippen LogP contribution in [0.2, 0.25) is 0 Å². The Labute approximate surface area is 172 Å². The Bertz CT molecular complexity index is 929. The molecule has 2 aromatic carbocycles. The molecule has 0 bridgehead atoms. The predicted octanol–water partition coefficient (Wildman–Crippen LogP) is 5.67. The van der Waals surface area contributed by atoms with E-state index in [4.69, 9.17) is 4.74 Å². The number of ether oxygens (including phenoxy) is 1. The van der Waals surface area contributed by atoms with E-state index in [2.05, 4.69) is 28.7 Å². The molecule has 0 amide bonds. The Morgan fingerprint density at radius 2 is 1.72 bits per heavy atom. The van der Waals surface area contributed by atoms with E-state index in [0.717, 1.165) is 29.9 Å². The highest BCUT2D eigenvalue weighted by molar-refractivity contribution is 5.71. The third-order valence-corrected chi connectivity index (χ3v) is 5.71. The predicted molar refractivity (Wildman–Crippen MR) is 116 cm³/mol. The van der Waals surface area contributed by atoms with Gasteiger partial charge in [-0.05, 0) is 62.2 Å². The van der Waals surface area contributed by atoms with Gasteiger partial charge in [-0.15, -0.1) is 0 Å². The lowest BCUT2D eigenvalue weighted by Gasteiger charge is -2.27. The molecule has 0 aliphatic carbocycles. The molecule has 1 aliphatic rings. The van der Waals surface area contributed by atoms with Gasteiger partial charge in [-0.25, -0.2) is 4.39 Å². The fourth-order valence-electron chi connectivity index (χ4n) is 4.11. The molecule has 0 unspecified atom stereocenters. The minimum atomic E-state index is -0.277. The van der Waals surface area contributed by atoms with Crippen molar-refractivity contribution in [1.82, 2.24) is 9.47 Å². The first kappa shape index (κ1) is 19.7. The fraction of sp³-hybridized carbons (Fsp3) is 0.360. The molecule has 152 valence electrons. The summed E-state index contributed by atoms with van der Waals surface area (Å²) < 4.78 is 22.4. The van der Waals surface area contributed by atoms with Crippen LogP contribution in [0.3, 0.4) is 0 Å². The smallest absolute Gasteiger partial charge is 0.132 e. The summed E-state index contributed by atoms with van der Waals surface area (Å²) in [4.78, 5) is 2.54. The minimum absolute atomic E-state index is 0.277. The highest BCUT2D eigenvalue weighted by Crippen LogP contribution is 2.34. The fourth-order valence-corrected chi connectivity index (χ4v) is 4.11. The molecule has 2 heterocycles. The standard InChI is InChI=1S/C25H29FN2O/c1-20-12-15-28(17-16-27-13-6-3-7-14-27)25(20)23-11-10-22(26)18-24(23)29-19-21-8-4-2-5-9-21/h2,4-5,8-12,15,18H,3,6-7,13-14,16-17,19H2,1H3. The number of benzene rings is 2. The molecular weight excluding hydrogens is 363 g/mol. The number of piperidine rings is 1. The maximum atomic E-state index is 14.0. The van der Waals surface area contributed by atoms with Crippen molar-refractivity contribution in [3.63, 3.8) is 0 Å². The first-order valence-corrected chi connectivity index (χ1v) is 10.6. The zero-order valence-electron chi connectivity index (χ0n) is 17.1. The molecule has 0 radical (unpaired) electrons. The first-order valence-electron chi connectivity index (χ1n) is 10.6. The average molecular weight is 393 g/mol. The number of halogens is 1. The van der Waals surface area contributed by atoms with Gasteiger partial charge in [0.05, 0.1) is 5.69 Å². The lowest BCUT2D eigenvalue weighted by Crippen LogP contribution is -2.32. The van der Waals surface area contributed by atoms with Gasteiger partial charge in [0.15, 0.2) is 0 Å². The van der Waals surface area contributed by atoms with Crippen molar-refractivity contribution in [2.24, 2.45) is 0 Å². The SMILES string of the molecule is Cc1ccn(CCN2CCCCC2)c1-c1ccc(F)cc1OCc1ccccc1. The minimum Gasteiger partial charge on any atom is -0.488 e. The second-order valence-electron chi connectivity index (χ2n) is 7.86. The molecular formula is C25H29FN2O. The summed E-state index contributed by atoms with van der Waals surface area (Å²) in [5.74, 6) is 0.316. The van der Waals surface area contributed by atoms with E-state index in [1.807, 2.05) is 36.4 Å². The van der Waals surface area contributed by atoms with Gasteiger partial charge in [0.1, 0.15) is 18.2 Å². The molecule has 1 aliphatic heterocycles. The van der Waals surface area contributed by atoms with Crippen molar-refractivity contribution < 1.29 is 9.13 Å². The number of hydrogen-bond acceptors (Lipinski definition) is 2. The van der Waals surface area contributed by atoms with Crippen molar-refractivity contribution in [3.8, 4) is 17.0 Å². The van der Waals surface area contributed by atoms with E-state index in [1.54, 1.807) is 0 Å². The van der Waals surface area contributed by atoms with Gasteiger partial charge >= 0.3 is 0 Å². The molecule has 0 saturated carbocycles. The Morgan fingerprint density at radius 1 is 0.931 bits per heavy atom. The zero-order valence-corrected chi connectivity index (χ0v) is 17.1. The van der Waals surface area contributed by atoms with Crippen molar-refractivity contribution >= 4 is 0 Å². The maximum Gasteiger partial charge on any atom is 0.132 e. The molecule has 1 aromatic heterocycles. The number of nitrogens with zero attached hydrogens (tertiary/aromatic N) is 2. The molecule has 3 nitrogen and oxygen atoms in total. The summed E-state index contributed by atoms with van der Waals surface area (Å²) in [7, 11) is 0. The van der Waals surface area contributed by atoms with Gasteiger partial charge in [0.25, 0.3) is 0 Å². The Morgan fingerprint density at radius 3 is 2.52 bits per heavy atom.